The van der Waals surface area contributed by atoms with Crippen LogP contribution in [0, 0.1) is 13.8 Å². The van der Waals surface area contributed by atoms with Gasteiger partial charge in [0, 0.05) is 0 Å². The summed E-state index contributed by atoms with van der Waals surface area (Å²) >= 11 is 0. The number of hydrogen-bond donors (Lipinski definition) is 2. The Morgan fingerprint density at radius 2 is 1.31 bits per heavy atom. The SMILES string of the molecule is Cc1cc(O)ccc1-c1cc(O)ccc1C. The quantitative estimate of drug-likeness (QED) is 0.764. The third kappa shape index (κ3) is 1.87. The standard InChI is InChI=1S/C14H14O2/c1-9-3-4-12(16)8-14(9)13-6-5-11(15)7-10(13)2/h3-8,15-16H,1-2H3. The lowest BCUT2D eigenvalue weighted by molar-refractivity contribution is 0.475. The number of aryl methyl sites for hydroxylation is 2. The molecule has 0 heterocycles. The van der Waals surface area contributed by atoms with Crippen LogP contribution in [-0.2, 0) is 0 Å². The van der Waals surface area contributed by atoms with Crippen molar-refractivity contribution in [2.45, 2.75) is 13.8 Å². The van der Waals surface area contributed by atoms with Gasteiger partial charge in [0.05, 0.1) is 0 Å². The van der Waals surface area contributed by atoms with E-state index in [9.17, 15) is 10.2 Å². The van der Waals surface area contributed by atoms with Crippen LogP contribution in [0.15, 0.2) is 36.4 Å². The van der Waals surface area contributed by atoms with Crippen LogP contribution in [0.4, 0.5) is 0 Å². The topological polar surface area (TPSA) is 40.5 Å². The van der Waals surface area contributed by atoms with Crippen molar-refractivity contribution in [3.8, 4) is 22.6 Å². The zero-order chi connectivity index (χ0) is 11.7. The molecule has 0 aliphatic carbocycles. The molecule has 2 nitrogen and oxygen atoms in total. The number of phenolic OH excluding ortho intramolecular Hbond substituents is 2. The van der Waals surface area contributed by atoms with Crippen molar-refractivity contribution in [3.63, 3.8) is 0 Å². The molecule has 2 N–H and O–H groups in total. The van der Waals surface area contributed by atoms with Gasteiger partial charge in [0.15, 0.2) is 0 Å². The van der Waals surface area contributed by atoms with Gasteiger partial charge in [-0.1, -0.05) is 12.1 Å². The number of phenols is 2. The third-order valence-corrected chi connectivity index (χ3v) is 2.72. The molecule has 2 aromatic rings. The number of aromatic hydroxyl groups is 2. The monoisotopic (exact) mass is 214 g/mol. The summed E-state index contributed by atoms with van der Waals surface area (Å²) in [5.41, 5.74) is 4.13. The second-order valence-corrected chi connectivity index (χ2v) is 4.00. The Bertz CT molecular complexity index is 530. The Morgan fingerprint density at radius 1 is 0.688 bits per heavy atom. The Morgan fingerprint density at radius 3 is 2.00 bits per heavy atom. The van der Waals surface area contributed by atoms with Gasteiger partial charge >= 0.3 is 0 Å². The van der Waals surface area contributed by atoms with Gasteiger partial charge < -0.3 is 10.2 Å². The Balaban J connectivity index is 2.62. The summed E-state index contributed by atoms with van der Waals surface area (Å²) in [7, 11) is 0. The molecule has 0 saturated heterocycles. The van der Waals surface area contributed by atoms with Crippen LogP contribution >= 0.6 is 0 Å². The lowest BCUT2D eigenvalue weighted by atomic mass is 9.96. The highest BCUT2D eigenvalue weighted by molar-refractivity contribution is 5.72. The summed E-state index contributed by atoms with van der Waals surface area (Å²) in [6.07, 6.45) is 0. The average molecular weight is 214 g/mol. The van der Waals surface area contributed by atoms with E-state index in [1.165, 1.54) is 0 Å². The van der Waals surface area contributed by atoms with E-state index in [0.717, 1.165) is 22.3 Å². The van der Waals surface area contributed by atoms with E-state index in [-0.39, 0.29) is 11.5 Å². The molecule has 0 spiro atoms. The summed E-state index contributed by atoms with van der Waals surface area (Å²) in [5, 5.41) is 18.9. The molecule has 0 aliphatic rings. The molecule has 0 atom stereocenters. The highest BCUT2D eigenvalue weighted by atomic mass is 16.3. The van der Waals surface area contributed by atoms with E-state index in [4.69, 9.17) is 0 Å². The fourth-order valence-corrected chi connectivity index (χ4v) is 1.85. The summed E-state index contributed by atoms with van der Waals surface area (Å²) in [6, 6.07) is 10.6. The van der Waals surface area contributed by atoms with Gasteiger partial charge in [0.1, 0.15) is 11.5 Å². The second-order valence-electron chi connectivity index (χ2n) is 4.00. The van der Waals surface area contributed by atoms with E-state index in [2.05, 4.69) is 0 Å². The predicted molar refractivity (Wildman–Crippen MR) is 64.7 cm³/mol. The zero-order valence-electron chi connectivity index (χ0n) is 9.36. The van der Waals surface area contributed by atoms with Crippen LogP contribution in [0.5, 0.6) is 11.5 Å². The molecule has 0 radical (unpaired) electrons. The molecule has 0 fully saturated rings. The van der Waals surface area contributed by atoms with Gasteiger partial charge in [-0.15, -0.1) is 0 Å². The van der Waals surface area contributed by atoms with Crippen LogP contribution in [0.2, 0.25) is 0 Å². The lowest BCUT2D eigenvalue weighted by Crippen LogP contribution is -1.86. The van der Waals surface area contributed by atoms with Crippen molar-refractivity contribution in [2.75, 3.05) is 0 Å². The molecule has 0 unspecified atom stereocenters. The Hall–Kier alpha value is -1.96. The van der Waals surface area contributed by atoms with E-state index >= 15 is 0 Å². The molecular formula is C14H14O2. The van der Waals surface area contributed by atoms with Crippen molar-refractivity contribution in [2.24, 2.45) is 0 Å². The van der Waals surface area contributed by atoms with Gasteiger partial charge in [-0.25, -0.2) is 0 Å². The Kier molecular flexibility index (Phi) is 2.57. The average Bonchev–Trinajstić information content (AvgIpc) is 2.22. The lowest BCUT2D eigenvalue weighted by Gasteiger charge is -2.10. The molecule has 2 rings (SSSR count). The van der Waals surface area contributed by atoms with Gasteiger partial charge in [-0.2, -0.15) is 0 Å². The van der Waals surface area contributed by atoms with E-state index in [1.54, 1.807) is 24.3 Å². The van der Waals surface area contributed by atoms with Crippen LogP contribution < -0.4 is 0 Å². The first kappa shape index (κ1) is 10.6. The van der Waals surface area contributed by atoms with Crippen molar-refractivity contribution >= 4 is 0 Å². The van der Waals surface area contributed by atoms with Gasteiger partial charge in [0.2, 0.25) is 0 Å². The number of hydrogen-bond acceptors (Lipinski definition) is 2. The van der Waals surface area contributed by atoms with Crippen molar-refractivity contribution < 1.29 is 10.2 Å². The van der Waals surface area contributed by atoms with Crippen LogP contribution in [0.25, 0.3) is 11.1 Å². The van der Waals surface area contributed by atoms with Crippen LogP contribution in [0.1, 0.15) is 11.1 Å². The number of rotatable bonds is 1. The maximum atomic E-state index is 9.49. The first-order valence-corrected chi connectivity index (χ1v) is 5.17. The van der Waals surface area contributed by atoms with Gasteiger partial charge in [-0.05, 0) is 60.4 Å². The molecule has 0 aliphatic heterocycles. The highest BCUT2D eigenvalue weighted by Crippen LogP contribution is 2.31. The van der Waals surface area contributed by atoms with Crippen molar-refractivity contribution in [3.05, 3.63) is 47.5 Å². The molecule has 16 heavy (non-hydrogen) atoms. The maximum absolute atomic E-state index is 9.49. The zero-order valence-corrected chi connectivity index (χ0v) is 9.36. The fraction of sp³-hybridized carbons (Fsp3) is 0.143. The van der Waals surface area contributed by atoms with Crippen LogP contribution in [0.3, 0.4) is 0 Å². The molecular weight excluding hydrogens is 200 g/mol. The minimum absolute atomic E-state index is 0.257. The minimum Gasteiger partial charge on any atom is -0.508 e. The second kappa shape index (κ2) is 3.89. The minimum atomic E-state index is 0.257. The first-order chi connectivity index (χ1) is 7.58. The van der Waals surface area contributed by atoms with Crippen molar-refractivity contribution in [1.29, 1.82) is 0 Å². The largest absolute Gasteiger partial charge is 0.508 e. The third-order valence-electron chi connectivity index (χ3n) is 2.72. The molecule has 0 amide bonds. The van der Waals surface area contributed by atoms with Gasteiger partial charge in [-0.3, -0.25) is 0 Å². The summed E-state index contributed by atoms with van der Waals surface area (Å²) in [5.74, 6) is 0.520. The fourth-order valence-electron chi connectivity index (χ4n) is 1.85. The molecule has 0 aromatic heterocycles. The number of benzene rings is 2. The summed E-state index contributed by atoms with van der Waals surface area (Å²) < 4.78 is 0. The highest BCUT2D eigenvalue weighted by Gasteiger charge is 2.06. The predicted octanol–water partition coefficient (Wildman–Crippen LogP) is 3.38. The molecule has 2 aromatic carbocycles. The summed E-state index contributed by atoms with van der Waals surface area (Å²) in [4.78, 5) is 0. The summed E-state index contributed by atoms with van der Waals surface area (Å²) in [6.45, 7) is 3.94. The van der Waals surface area contributed by atoms with Crippen LogP contribution in [-0.4, -0.2) is 10.2 Å². The van der Waals surface area contributed by atoms with E-state index < -0.39 is 0 Å². The normalized spacial score (nSPS) is 10.4. The smallest absolute Gasteiger partial charge is 0.116 e. The van der Waals surface area contributed by atoms with Gasteiger partial charge in [0.25, 0.3) is 0 Å². The van der Waals surface area contributed by atoms with E-state index in [1.807, 2.05) is 26.0 Å². The Labute approximate surface area is 94.8 Å². The van der Waals surface area contributed by atoms with Crippen molar-refractivity contribution in [1.82, 2.24) is 0 Å². The van der Waals surface area contributed by atoms with E-state index in [0.29, 0.717) is 0 Å². The first-order valence-electron chi connectivity index (χ1n) is 5.17. The maximum Gasteiger partial charge on any atom is 0.116 e. The molecule has 0 saturated carbocycles. The molecule has 0 bridgehead atoms. The molecule has 82 valence electrons. The molecule has 2 heteroatoms.